The van der Waals surface area contributed by atoms with E-state index in [9.17, 15) is 9.18 Å². The minimum atomic E-state index is -0.707. The van der Waals surface area contributed by atoms with E-state index in [0.717, 1.165) is 5.56 Å². The van der Waals surface area contributed by atoms with Crippen molar-refractivity contribution in [2.75, 3.05) is 6.61 Å². The molecule has 2 aromatic rings. The number of ether oxygens (including phenoxy) is 1. The molecule has 0 aliphatic carbocycles. The highest BCUT2D eigenvalue weighted by Gasteiger charge is 2.16. The lowest BCUT2D eigenvalue weighted by Gasteiger charge is -2.04. The van der Waals surface area contributed by atoms with Crippen molar-refractivity contribution in [1.82, 2.24) is 9.78 Å². The molecule has 0 fully saturated rings. The molecule has 0 atom stereocenters. The Hall–Kier alpha value is -2.65. The fraction of sp³-hybridized carbons (Fsp3) is 0.235. The number of esters is 1. The van der Waals surface area contributed by atoms with Crippen LogP contribution in [0.2, 0.25) is 5.15 Å². The third-order valence-electron chi connectivity index (χ3n) is 3.26. The van der Waals surface area contributed by atoms with E-state index in [4.69, 9.17) is 21.6 Å². The number of aryl methyl sites for hydroxylation is 1. The molecule has 0 N–H and O–H groups in total. The van der Waals surface area contributed by atoms with E-state index >= 15 is 0 Å². The predicted octanol–water partition coefficient (Wildman–Crippen LogP) is 3.50. The number of nitriles is 1. The van der Waals surface area contributed by atoms with Crippen LogP contribution in [0.25, 0.3) is 6.08 Å². The smallest absolute Gasteiger partial charge is 0.348 e. The van der Waals surface area contributed by atoms with Gasteiger partial charge in [0.25, 0.3) is 0 Å². The molecular formula is C17H15ClFN3O2. The van der Waals surface area contributed by atoms with Gasteiger partial charge in [0.15, 0.2) is 0 Å². The maximum atomic E-state index is 13.0. The number of benzene rings is 1. The number of carbonyl (C=O) groups excluding carboxylic acids is 1. The molecule has 0 amide bonds. The number of hydrogen-bond donors (Lipinski definition) is 0. The second-order valence-electron chi connectivity index (χ2n) is 4.96. The van der Waals surface area contributed by atoms with E-state index in [0.29, 0.717) is 17.8 Å². The molecule has 0 aliphatic rings. The molecule has 124 valence electrons. The van der Waals surface area contributed by atoms with Crippen molar-refractivity contribution in [3.63, 3.8) is 0 Å². The summed E-state index contributed by atoms with van der Waals surface area (Å²) in [5.41, 5.74) is 1.72. The van der Waals surface area contributed by atoms with Crippen LogP contribution in [0.15, 0.2) is 29.8 Å². The molecule has 0 saturated heterocycles. The average Bonchev–Trinajstić information content (AvgIpc) is 2.81. The number of halogens is 2. The highest BCUT2D eigenvalue weighted by atomic mass is 35.5. The Kier molecular flexibility index (Phi) is 5.72. The Morgan fingerprint density at radius 1 is 1.46 bits per heavy atom. The van der Waals surface area contributed by atoms with E-state index < -0.39 is 5.97 Å². The van der Waals surface area contributed by atoms with Crippen LogP contribution in [-0.4, -0.2) is 22.4 Å². The summed E-state index contributed by atoms with van der Waals surface area (Å²) >= 11 is 6.31. The van der Waals surface area contributed by atoms with Gasteiger partial charge in [-0.25, -0.2) is 13.9 Å². The SMILES string of the molecule is CCOC(=O)/C(C#N)=C/c1c(C)nn(Cc2ccc(F)cc2)c1Cl. The van der Waals surface area contributed by atoms with Gasteiger partial charge in [0.1, 0.15) is 22.6 Å². The number of carbonyl (C=O) groups is 1. The molecule has 0 radical (unpaired) electrons. The second kappa shape index (κ2) is 7.75. The molecule has 2 rings (SSSR count). The van der Waals surface area contributed by atoms with E-state index in [1.54, 1.807) is 32.0 Å². The van der Waals surface area contributed by atoms with Crippen molar-refractivity contribution in [2.45, 2.75) is 20.4 Å². The first kappa shape index (κ1) is 17.7. The molecule has 1 heterocycles. The van der Waals surface area contributed by atoms with E-state index in [1.807, 2.05) is 0 Å². The third-order valence-corrected chi connectivity index (χ3v) is 3.66. The molecule has 1 aromatic carbocycles. The van der Waals surface area contributed by atoms with Gasteiger partial charge in [-0.2, -0.15) is 10.4 Å². The van der Waals surface area contributed by atoms with Crippen LogP contribution < -0.4 is 0 Å². The topological polar surface area (TPSA) is 67.9 Å². The van der Waals surface area contributed by atoms with Gasteiger partial charge in [-0.05, 0) is 37.6 Å². The summed E-state index contributed by atoms with van der Waals surface area (Å²) in [5.74, 6) is -1.03. The van der Waals surface area contributed by atoms with E-state index in [2.05, 4.69) is 5.10 Å². The molecule has 1 aromatic heterocycles. The normalized spacial score (nSPS) is 11.2. The molecule has 0 bridgehead atoms. The first-order valence-electron chi connectivity index (χ1n) is 7.22. The van der Waals surface area contributed by atoms with Crippen LogP contribution >= 0.6 is 11.6 Å². The summed E-state index contributed by atoms with van der Waals surface area (Å²) in [5, 5.41) is 13.7. The number of aromatic nitrogens is 2. The molecule has 0 aliphatic heterocycles. The average molecular weight is 348 g/mol. The van der Waals surface area contributed by atoms with Crippen molar-refractivity contribution in [2.24, 2.45) is 0 Å². The van der Waals surface area contributed by atoms with Crippen molar-refractivity contribution in [1.29, 1.82) is 5.26 Å². The lowest BCUT2D eigenvalue weighted by Crippen LogP contribution is -2.06. The fourth-order valence-corrected chi connectivity index (χ4v) is 2.38. The van der Waals surface area contributed by atoms with Crippen LogP contribution in [0, 0.1) is 24.1 Å². The maximum absolute atomic E-state index is 13.0. The van der Waals surface area contributed by atoms with Crippen LogP contribution in [0.3, 0.4) is 0 Å². The lowest BCUT2D eigenvalue weighted by molar-refractivity contribution is -0.137. The summed E-state index contributed by atoms with van der Waals surface area (Å²) in [6.07, 6.45) is 1.36. The van der Waals surface area contributed by atoms with Crippen LogP contribution in [0.5, 0.6) is 0 Å². The molecule has 0 spiro atoms. The van der Waals surface area contributed by atoms with Gasteiger partial charge in [0, 0.05) is 5.56 Å². The minimum Gasteiger partial charge on any atom is -0.462 e. The molecular weight excluding hydrogens is 333 g/mol. The minimum absolute atomic E-state index is 0.150. The predicted molar refractivity (Wildman–Crippen MR) is 87.7 cm³/mol. The second-order valence-corrected chi connectivity index (χ2v) is 5.32. The first-order valence-corrected chi connectivity index (χ1v) is 7.60. The van der Waals surface area contributed by atoms with Crippen molar-refractivity contribution in [3.05, 3.63) is 57.6 Å². The molecule has 0 saturated carbocycles. The van der Waals surface area contributed by atoms with E-state index in [-0.39, 0.29) is 23.2 Å². The highest BCUT2D eigenvalue weighted by Crippen LogP contribution is 2.24. The summed E-state index contributed by atoms with van der Waals surface area (Å²) < 4.78 is 19.3. The Morgan fingerprint density at radius 3 is 2.71 bits per heavy atom. The molecule has 7 heteroatoms. The number of nitrogens with zero attached hydrogens (tertiary/aromatic N) is 3. The van der Waals surface area contributed by atoms with E-state index in [1.165, 1.54) is 22.9 Å². The van der Waals surface area contributed by atoms with Crippen LogP contribution in [-0.2, 0) is 16.1 Å². The largest absolute Gasteiger partial charge is 0.462 e. The Bertz CT molecular complexity index is 820. The van der Waals surface area contributed by atoms with Gasteiger partial charge in [0.05, 0.1) is 18.8 Å². The van der Waals surface area contributed by atoms with Crippen LogP contribution in [0.1, 0.15) is 23.7 Å². The van der Waals surface area contributed by atoms with Crippen molar-refractivity contribution >= 4 is 23.6 Å². The zero-order chi connectivity index (χ0) is 17.7. The Morgan fingerprint density at radius 2 is 2.12 bits per heavy atom. The van der Waals surface area contributed by atoms with Crippen molar-refractivity contribution < 1.29 is 13.9 Å². The van der Waals surface area contributed by atoms with Gasteiger partial charge < -0.3 is 4.74 Å². The van der Waals surface area contributed by atoms with Gasteiger partial charge in [0.2, 0.25) is 0 Å². The third kappa shape index (κ3) is 4.00. The summed E-state index contributed by atoms with van der Waals surface area (Å²) in [4.78, 5) is 11.7. The highest BCUT2D eigenvalue weighted by molar-refractivity contribution is 6.31. The standard InChI is InChI=1S/C17H15ClFN3O2/c1-3-24-17(23)13(9-20)8-15-11(2)21-22(16(15)18)10-12-4-6-14(19)7-5-12/h4-8H,3,10H2,1-2H3/b13-8+. The maximum Gasteiger partial charge on any atom is 0.348 e. The van der Waals surface area contributed by atoms with Crippen molar-refractivity contribution in [3.8, 4) is 6.07 Å². The number of rotatable bonds is 5. The zero-order valence-corrected chi connectivity index (χ0v) is 14.0. The van der Waals surface area contributed by atoms with Crippen LogP contribution in [0.4, 0.5) is 4.39 Å². The summed E-state index contributed by atoms with van der Waals surface area (Å²) in [6.45, 7) is 3.90. The van der Waals surface area contributed by atoms with Gasteiger partial charge in [-0.15, -0.1) is 0 Å². The Balaban J connectivity index is 2.33. The quantitative estimate of drug-likeness (QED) is 0.471. The van der Waals surface area contributed by atoms with Gasteiger partial charge >= 0.3 is 5.97 Å². The monoisotopic (exact) mass is 347 g/mol. The number of hydrogen-bond acceptors (Lipinski definition) is 4. The first-order chi connectivity index (χ1) is 11.5. The molecule has 24 heavy (non-hydrogen) atoms. The van der Waals surface area contributed by atoms with Gasteiger partial charge in [-0.1, -0.05) is 23.7 Å². The Labute approximate surface area is 143 Å². The zero-order valence-electron chi connectivity index (χ0n) is 13.2. The summed E-state index contributed by atoms with van der Waals surface area (Å²) in [7, 11) is 0. The molecule has 5 nitrogen and oxygen atoms in total. The fourth-order valence-electron chi connectivity index (χ4n) is 2.09. The summed E-state index contributed by atoms with van der Waals surface area (Å²) in [6, 6.07) is 7.79. The van der Waals surface area contributed by atoms with Gasteiger partial charge in [-0.3, -0.25) is 0 Å². The molecule has 0 unspecified atom stereocenters. The lowest BCUT2D eigenvalue weighted by atomic mass is 10.1.